The van der Waals surface area contributed by atoms with Crippen molar-refractivity contribution in [2.45, 2.75) is 12.8 Å². The van der Waals surface area contributed by atoms with Crippen molar-refractivity contribution in [1.29, 1.82) is 0 Å². The molecule has 1 saturated heterocycles. The number of benzene rings is 1. The molecule has 0 saturated carbocycles. The molecule has 1 heterocycles. The number of ether oxygens (including phenoxy) is 1. The maximum atomic E-state index is 11.0. The van der Waals surface area contributed by atoms with E-state index in [1.807, 2.05) is 18.2 Å². The minimum Gasteiger partial charge on any atom is -0.495 e. The number of carbonyl (C=O) groups is 1. The molecule has 0 radical (unpaired) electrons. The van der Waals surface area contributed by atoms with Crippen LogP contribution < -0.4 is 9.64 Å². The standard InChI is InChI=1S/C12H15NO2/c1-15-11-6-4-5-10(9-14)12(11)13-7-2-3-8-13/h4-6,9H,2-3,7-8H2,1H3. The summed E-state index contributed by atoms with van der Waals surface area (Å²) in [6, 6.07) is 5.59. The molecule has 1 aromatic rings. The van der Waals surface area contributed by atoms with Gasteiger partial charge in [-0.3, -0.25) is 4.79 Å². The van der Waals surface area contributed by atoms with E-state index in [2.05, 4.69) is 4.90 Å². The van der Waals surface area contributed by atoms with Crippen molar-refractivity contribution in [3.05, 3.63) is 23.8 Å². The second-order valence-corrected chi connectivity index (χ2v) is 3.71. The molecule has 2 rings (SSSR count). The van der Waals surface area contributed by atoms with E-state index in [9.17, 15) is 4.79 Å². The number of hydrogen-bond donors (Lipinski definition) is 0. The Morgan fingerprint density at radius 2 is 2.07 bits per heavy atom. The molecular weight excluding hydrogens is 190 g/mol. The van der Waals surface area contributed by atoms with E-state index >= 15 is 0 Å². The SMILES string of the molecule is COc1cccc(C=O)c1N1CCCC1. The van der Waals surface area contributed by atoms with Crippen molar-refractivity contribution in [3.8, 4) is 5.75 Å². The number of aldehydes is 1. The molecular formula is C12H15NO2. The van der Waals surface area contributed by atoms with E-state index in [0.29, 0.717) is 0 Å². The van der Waals surface area contributed by atoms with Crippen LogP contribution in [0.15, 0.2) is 18.2 Å². The predicted octanol–water partition coefficient (Wildman–Crippen LogP) is 2.11. The first-order valence-corrected chi connectivity index (χ1v) is 5.24. The smallest absolute Gasteiger partial charge is 0.152 e. The van der Waals surface area contributed by atoms with Gasteiger partial charge in [0.15, 0.2) is 6.29 Å². The average Bonchev–Trinajstić information content (AvgIpc) is 2.81. The molecule has 0 amide bonds. The fourth-order valence-corrected chi connectivity index (χ4v) is 2.08. The molecule has 3 heteroatoms. The zero-order chi connectivity index (χ0) is 10.7. The molecule has 0 bridgehead atoms. The van der Waals surface area contributed by atoms with Crippen LogP contribution in [0.25, 0.3) is 0 Å². The van der Waals surface area contributed by atoms with Gasteiger partial charge in [-0.1, -0.05) is 6.07 Å². The van der Waals surface area contributed by atoms with Gasteiger partial charge in [-0.25, -0.2) is 0 Å². The Morgan fingerprint density at radius 3 is 2.67 bits per heavy atom. The Morgan fingerprint density at radius 1 is 1.33 bits per heavy atom. The molecule has 0 spiro atoms. The average molecular weight is 205 g/mol. The summed E-state index contributed by atoms with van der Waals surface area (Å²) in [5.41, 5.74) is 1.67. The molecule has 0 unspecified atom stereocenters. The maximum absolute atomic E-state index is 11.0. The Labute approximate surface area is 89.7 Å². The molecule has 1 fully saturated rings. The number of rotatable bonds is 3. The Kier molecular flexibility index (Phi) is 2.90. The molecule has 0 aromatic heterocycles. The summed E-state index contributed by atoms with van der Waals surface area (Å²) in [4.78, 5) is 13.2. The van der Waals surface area contributed by atoms with E-state index in [-0.39, 0.29) is 0 Å². The number of nitrogens with zero attached hydrogens (tertiary/aromatic N) is 1. The molecule has 1 aliphatic heterocycles. The molecule has 1 aromatic carbocycles. The molecule has 0 N–H and O–H groups in total. The molecule has 0 aliphatic carbocycles. The number of para-hydroxylation sites is 1. The van der Waals surface area contributed by atoms with Crippen molar-refractivity contribution >= 4 is 12.0 Å². The van der Waals surface area contributed by atoms with Crippen LogP contribution in [0.4, 0.5) is 5.69 Å². The molecule has 0 atom stereocenters. The third-order valence-electron chi connectivity index (χ3n) is 2.80. The van der Waals surface area contributed by atoms with Gasteiger partial charge in [0.05, 0.1) is 12.8 Å². The highest BCUT2D eigenvalue weighted by Crippen LogP contribution is 2.33. The lowest BCUT2D eigenvalue weighted by Gasteiger charge is -2.22. The fraction of sp³-hybridized carbons (Fsp3) is 0.417. The van der Waals surface area contributed by atoms with Gasteiger partial charge in [0.25, 0.3) is 0 Å². The van der Waals surface area contributed by atoms with E-state index in [4.69, 9.17) is 4.74 Å². The topological polar surface area (TPSA) is 29.5 Å². The number of anilines is 1. The van der Waals surface area contributed by atoms with Crippen molar-refractivity contribution in [2.24, 2.45) is 0 Å². The van der Waals surface area contributed by atoms with Gasteiger partial charge in [-0.2, -0.15) is 0 Å². The van der Waals surface area contributed by atoms with Gasteiger partial charge in [-0.15, -0.1) is 0 Å². The van der Waals surface area contributed by atoms with Crippen LogP contribution in [0.5, 0.6) is 5.75 Å². The van der Waals surface area contributed by atoms with Gasteiger partial charge in [-0.05, 0) is 25.0 Å². The lowest BCUT2D eigenvalue weighted by atomic mass is 10.1. The summed E-state index contributed by atoms with van der Waals surface area (Å²) >= 11 is 0. The monoisotopic (exact) mass is 205 g/mol. The zero-order valence-corrected chi connectivity index (χ0v) is 8.90. The third kappa shape index (κ3) is 1.82. The number of hydrogen-bond acceptors (Lipinski definition) is 3. The van der Waals surface area contributed by atoms with E-state index < -0.39 is 0 Å². The Balaban J connectivity index is 2.44. The highest BCUT2D eigenvalue weighted by molar-refractivity contribution is 5.87. The van der Waals surface area contributed by atoms with Crippen molar-refractivity contribution in [3.63, 3.8) is 0 Å². The van der Waals surface area contributed by atoms with Crippen LogP contribution in [-0.2, 0) is 0 Å². The predicted molar refractivity (Wildman–Crippen MR) is 59.8 cm³/mol. The van der Waals surface area contributed by atoms with Gasteiger partial charge >= 0.3 is 0 Å². The number of methoxy groups -OCH3 is 1. The van der Waals surface area contributed by atoms with Crippen LogP contribution in [0, 0.1) is 0 Å². The Hall–Kier alpha value is -1.51. The van der Waals surface area contributed by atoms with Gasteiger partial charge in [0, 0.05) is 18.7 Å². The van der Waals surface area contributed by atoms with E-state index in [1.54, 1.807) is 7.11 Å². The van der Waals surface area contributed by atoms with Crippen LogP contribution in [0.2, 0.25) is 0 Å². The first kappa shape index (κ1) is 10.0. The second kappa shape index (κ2) is 4.34. The van der Waals surface area contributed by atoms with Crippen molar-refractivity contribution < 1.29 is 9.53 Å². The quantitative estimate of drug-likeness (QED) is 0.708. The number of carbonyl (C=O) groups excluding carboxylic acids is 1. The van der Waals surface area contributed by atoms with E-state index in [1.165, 1.54) is 12.8 Å². The summed E-state index contributed by atoms with van der Waals surface area (Å²) in [5, 5.41) is 0. The minimum atomic E-state index is 0.719. The van der Waals surface area contributed by atoms with Crippen LogP contribution in [0.1, 0.15) is 23.2 Å². The molecule has 1 aliphatic rings. The zero-order valence-electron chi connectivity index (χ0n) is 8.90. The Bertz CT molecular complexity index is 357. The summed E-state index contributed by atoms with van der Waals surface area (Å²) in [6.07, 6.45) is 3.28. The fourth-order valence-electron chi connectivity index (χ4n) is 2.08. The highest BCUT2D eigenvalue weighted by Gasteiger charge is 2.19. The summed E-state index contributed by atoms with van der Waals surface area (Å²) in [6.45, 7) is 2.03. The summed E-state index contributed by atoms with van der Waals surface area (Å²) < 4.78 is 5.30. The van der Waals surface area contributed by atoms with E-state index in [0.717, 1.165) is 36.4 Å². The first-order chi connectivity index (χ1) is 7.36. The largest absolute Gasteiger partial charge is 0.495 e. The van der Waals surface area contributed by atoms with Crippen LogP contribution in [-0.4, -0.2) is 26.5 Å². The maximum Gasteiger partial charge on any atom is 0.152 e. The molecule has 3 nitrogen and oxygen atoms in total. The highest BCUT2D eigenvalue weighted by atomic mass is 16.5. The third-order valence-corrected chi connectivity index (χ3v) is 2.80. The first-order valence-electron chi connectivity index (χ1n) is 5.24. The van der Waals surface area contributed by atoms with Crippen LogP contribution >= 0.6 is 0 Å². The van der Waals surface area contributed by atoms with Gasteiger partial charge < -0.3 is 9.64 Å². The van der Waals surface area contributed by atoms with Crippen LogP contribution in [0.3, 0.4) is 0 Å². The lowest BCUT2D eigenvalue weighted by Crippen LogP contribution is -2.20. The summed E-state index contributed by atoms with van der Waals surface area (Å²) in [5.74, 6) is 0.793. The van der Waals surface area contributed by atoms with Gasteiger partial charge in [0.2, 0.25) is 0 Å². The lowest BCUT2D eigenvalue weighted by molar-refractivity contribution is 0.112. The van der Waals surface area contributed by atoms with Crippen molar-refractivity contribution in [1.82, 2.24) is 0 Å². The molecule has 80 valence electrons. The summed E-state index contributed by atoms with van der Waals surface area (Å²) in [7, 11) is 1.64. The second-order valence-electron chi connectivity index (χ2n) is 3.71. The minimum absolute atomic E-state index is 0.719. The normalized spacial score (nSPS) is 15.4. The van der Waals surface area contributed by atoms with Gasteiger partial charge in [0.1, 0.15) is 5.75 Å². The molecule has 15 heavy (non-hydrogen) atoms. The van der Waals surface area contributed by atoms with Crippen molar-refractivity contribution in [2.75, 3.05) is 25.1 Å².